The largest absolute Gasteiger partial charge is 0.367 e. The number of nitrogens with two attached hydrogens (primary N) is 1. The number of epoxide rings is 1. The lowest BCUT2D eigenvalue weighted by Gasteiger charge is -2.01. The van der Waals surface area contributed by atoms with E-state index in [1.54, 1.807) is 0 Å². The molecule has 1 fully saturated rings. The van der Waals surface area contributed by atoms with Crippen molar-refractivity contribution in [3.63, 3.8) is 0 Å². The number of primary amides is 1. The molecule has 1 aliphatic heterocycles. The Labute approximate surface area is 116 Å². The van der Waals surface area contributed by atoms with Crippen LogP contribution in [-0.2, 0) is 14.3 Å². The third-order valence-electron chi connectivity index (χ3n) is 3.62. The molecular formula is C15H27NO3. The van der Waals surface area contributed by atoms with Crippen LogP contribution in [0.4, 0.5) is 0 Å². The highest BCUT2D eigenvalue weighted by atomic mass is 16.6. The number of ether oxygens (including phenoxy) is 1. The molecule has 0 saturated carbocycles. The summed E-state index contributed by atoms with van der Waals surface area (Å²) in [5, 5.41) is 0. The van der Waals surface area contributed by atoms with E-state index in [2.05, 4.69) is 6.92 Å². The van der Waals surface area contributed by atoms with Crippen LogP contribution in [0.2, 0.25) is 0 Å². The molecule has 0 unspecified atom stereocenters. The van der Waals surface area contributed by atoms with Gasteiger partial charge in [0.05, 0.1) is 0 Å². The molecule has 19 heavy (non-hydrogen) atoms. The van der Waals surface area contributed by atoms with Crippen molar-refractivity contribution >= 4 is 11.7 Å². The lowest BCUT2D eigenvalue weighted by Crippen LogP contribution is -2.22. The summed E-state index contributed by atoms with van der Waals surface area (Å²) < 4.78 is 4.95. The van der Waals surface area contributed by atoms with Gasteiger partial charge in [-0.15, -0.1) is 0 Å². The van der Waals surface area contributed by atoms with Crippen LogP contribution in [0.25, 0.3) is 0 Å². The van der Waals surface area contributed by atoms with Gasteiger partial charge >= 0.3 is 0 Å². The minimum atomic E-state index is -0.647. The summed E-state index contributed by atoms with van der Waals surface area (Å²) in [5.41, 5.74) is 5.05. The van der Waals surface area contributed by atoms with Crippen LogP contribution in [0, 0.1) is 0 Å². The van der Waals surface area contributed by atoms with E-state index in [1.807, 2.05) is 0 Å². The fraction of sp³-hybridized carbons (Fsp3) is 0.867. The number of carbonyl (C=O) groups is 2. The molecule has 1 rings (SSSR count). The molecule has 0 spiro atoms. The molecule has 0 aromatic heterocycles. The van der Waals surface area contributed by atoms with Gasteiger partial charge < -0.3 is 10.5 Å². The molecule has 110 valence electrons. The molecule has 4 heteroatoms. The second-order valence-corrected chi connectivity index (χ2v) is 5.42. The smallest absolute Gasteiger partial charge is 0.249 e. The molecule has 4 nitrogen and oxygen atoms in total. The Morgan fingerprint density at radius 1 is 0.895 bits per heavy atom. The highest BCUT2D eigenvalue weighted by molar-refractivity contribution is 5.95. The summed E-state index contributed by atoms with van der Waals surface area (Å²) in [6, 6.07) is 0. The van der Waals surface area contributed by atoms with Crippen molar-refractivity contribution in [3.8, 4) is 0 Å². The number of ketones is 1. The normalized spacial score (nSPS) is 21.3. The Bertz CT molecular complexity index is 291. The average molecular weight is 269 g/mol. The molecule has 1 amide bonds. The first-order chi connectivity index (χ1) is 9.16. The zero-order valence-corrected chi connectivity index (χ0v) is 12.0. The molecule has 2 atom stereocenters. The lowest BCUT2D eigenvalue weighted by atomic mass is 10.0. The zero-order chi connectivity index (χ0) is 14.1. The Morgan fingerprint density at radius 3 is 1.89 bits per heavy atom. The van der Waals surface area contributed by atoms with Crippen LogP contribution < -0.4 is 5.73 Å². The van der Waals surface area contributed by atoms with Gasteiger partial charge in [-0.1, -0.05) is 58.3 Å². The quantitative estimate of drug-likeness (QED) is 0.437. The predicted molar refractivity (Wildman–Crippen MR) is 74.7 cm³/mol. The number of hydrogen-bond acceptors (Lipinski definition) is 3. The minimum Gasteiger partial charge on any atom is -0.367 e. The van der Waals surface area contributed by atoms with Crippen molar-refractivity contribution < 1.29 is 14.3 Å². The van der Waals surface area contributed by atoms with Gasteiger partial charge in [-0.3, -0.25) is 9.59 Å². The molecule has 2 N–H and O–H groups in total. The Morgan fingerprint density at radius 2 is 1.42 bits per heavy atom. The molecule has 0 aromatic carbocycles. The number of rotatable bonds is 12. The van der Waals surface area contributed by atoms with Gasteiger partial charge in [0.25, 0.3) is 0 Å². The minimum absolute atomic E-state index is 0.0340. The van der Waals surface area contributed by atoms with Gasteiger partial charge in [-0.05, 0) is 6.42 Å². The van der Waals surface area contributed by atoms with E-state index in [9.17, 15) is 9.59 Å². The van der Waals surface area contributed by atoms with Crippen molar-refractivity contribution in [2.24, 2.45) is 5.73 Å². The topological polar surface area (TPSA) is 72.7 Å². The van der Waals surface area contributed by atoms with Gasteiger partial charge in [0.2, 0.25) is 5.91 Å². The van der Waals surface area contributed by atoms with E-state index in [-0.39, 0.29) is 5.78 Å². The first-order valence-corrected chi connectivity index (χ1v) is 7.64. The standard InChI is InChI=1S/C15H27NO3/c1-2-3-4-5-6-7-8-9-10-11-12(17)13-14(19-13)15(16)18/h13-14H,2-11H2,1H3,(H2,16,18)/t13-,14-/m0/s1. The van der Waals surface area contributed by atoms with Crippen molar-refractivity contribution in [1.29, 1.82) is 0 Å². The van der Waals surface area contributed by atoms with Crippen molar-refractivity contribution in [2.45, 2.75) is 83.3 Å². The van der Waals surface area contributed by atoms with Crippen LogP contribution in [0.15, 0.2) is 0 Å². The zero-order valence-electron chi connectivity index (χ0n) is 12.0. The molecule has 0 bridgehead atoms. The molecule has 0 aromatic rings. The Kier molecular flexibility index (Phi) is 7.72. The Hall–Kier alpha value is -0.900. The predicted octanol–water partition coefficient (Wildman–Crippen LogP) is 2.73. The molecule has 0 radical (unpaired) electrons. The fourth-order valence-corrected chi connectivity index (χ4v) is 2.33. The van der Waals surface area contributed by atoms with Crippen LogP contribution in [0.3, 0.4) is 0 Å². The van der Waals surface area contributed by atoms with E-state index in [4.69, 9.17) is 10.5 Å². The summed E-state index contributed by atoms with van der Waals surface area (Å²) in [5.74, 6) is -0.489. The monoisotopic (exact) mass is 269 g/mol. The fourth-order valence-electron chi connectivity index (χ4n) is 2.33. The van der Waals surface area contributed by atoms with E-state index < -0.39 is 18.1 Å². The third kappa shape index (κ3) is 6.71. The van der Waals surface area contributed by atoms with Gasteiger partial charge in [0.15, 0.2) is 18.0 Å². The average Bonchev–Trinajstić information content (AvgIpc) is 3.17. The van der Waals surface area contributed by atoms with Gasteiger partial charge in [-0.2, -0.15) is 0 Å². The Balaban J connectivity index is 1.86. The van der Waals surface area contributed by atoms with E-state index in [1.165, 1.54) is 44.9 Å². The highest BCUT2D eigenvalue weighted by Gasteiger charge is 2.48. The molecule has 1 aliphatic rings. The maximum Gasteiger partial charge on any atom is 0.249 e. The summed E-state index contributed by atoms with van der Waals surface area (Å²) in [6.07, 6.45) is 10.4. The second kappa shape index (κ2) is 9.08. The van der Waals surface area contributed by atoms with Crippen molar-refractivity contribution in [2.75, 3.05) is 0 Å². The number of Topliss-reactive ketones (excluding diaryl/α,β-unsaturated/α-hetero) is 1. The number of hydrogen-bond donors (Lipinski definition) is 1. The summed E-state index contributed by atoms with van der Waals surface area (Å²) in [4.78, 5) is 22.3. The van der Waals surface area contributed by atoms with Crippen molar-refractivity contribution in [1.82, 2.24) is 0 Å². The molecular weight excluding hydrogens is 242 g/mol. The molecule has 1 saturated heterocycles. The third-order valence-corrected chi connectivity index (χ3v) is 3.62. The van der Waals surface area contributed by atoms with Crippen LogP contribution >= 0.6 is 0 Å². The number of unbranched alkanes of at least 4 members (excludes halogenated alkanes) is 8. The SMILES string of the molecule is CCCCCCCCCCCC(=O)[C@@H]1O[C@@H]1C(N)=O. The van der Waals surface area contributed by atoms with Crippen molar-refractivity contribution in [3.05, 3.63) is 0 Å². The van der Waals surface area contributed by atoms with Gasteiger partial charge in [0, 0.05) is 6.42 Å². The molecule has 1 heterocycles. The summed E-state index contributed by atoms with van der Waals surface area (Å²) in [7, 11) is 0. The van der Waals surface area contributed by atoms with Gasteiger partial charge in [-0.25, -0.2) is 0 Å². The summed E-state index contributed by atoms with van der Waals surface area (Å²) in [6.45, 7) is 2.23. The number of amides is 1. The van der Waals surface area contributed by atoms with Crippen LogP contribution in [0.5, 0.6) is 0 Å². The van der Waals surface area contributed by atoms with E-state index in [0.717, 1.165) is 12.8 Å². The first-order valence-electron chi connectivity index (χ1n) is 7.64. The summed E-state index contributed by atoms with van der Waals surface area (Å²) >= 11 is 0. The first kappa shape index (κ1) is 16.2. The van der Waals surface area contributed by atoms with E-state index >= 15 is 0 Å². The maximum absolute atomic E-state index is 11.6. The highest BCUT2D eigenvalue weighted by Crippen LogP contribution is 2.24. The lowest BCUT2D eigenvalue weighted by molar-refractivity contribution is -0.121. The maximum atomic E-state index is 11.6. The van der Waals surface area contributed by atoms with E-state index in [0.29, 0.717) is 6.42 Å². The number of carbonyl (C=O) groups excluding carboxylic acids is 2. The second-order valence-electron chi connectivity index (χ2n) is 5.42. The van der Waals surface area contributed by atoms with Gasteiger partial charge in [0.1, 0.15) is 0 Å². The van der Waals surface area contributed by atoms with Crippen LogP contribution in [0.1, 0.15) is 71.1 Å². The molecule has 0 aliphatic carbocycles. The van der Waals surface area contributed by atoms with Crippen LogP contribution in [-0.4, -0.2) is 23.9 Å².